The van der Waals surface area contributed by atoms with E-state index in [0.717, 1.165) is 5.56 Å². The van der Waals surface area contributed by atoms with Gasteiger partial charge in [0.15, 0.2) is 27.4 Å². The molecule has 3 rings (SSSR count). The monoisotopic (exact) mass is 391 g/mol. The molecule has 144 valence electrons. The van der Waals surface area contributed by atoms with Crippen LogP contribution in [0, 0.1) is 5.82 Å². The lowest BCUT2D eigenvalue weighted by molar-refractivity contribution is 0.437. The molecule has 1 unspecified atom stereocenters. The van der Waals surface area contributed by atoms with E-state index in [1.165, 1.54) is 6.07 Å². The molecule has 0 amide bonds. The summed E-state index contributed by atoms with van der Waals surface area (Å²) in [5.74, 6) is 1.08. The van der Waals surface area contributed by atoms with Crippen molar-refractivity contribution in [1.82, 2.24) is 10.6 Å². The normalized spacial score (nSPS) is 18.9. The van der Waals surface area contributed by atoms with Gasteiger partial charge in [0.2, 0.25) is 0 Å². The van der Waals surface area contributed by atoms with Gasteiger partial charge in [-0.15, -0.1) is 0 Å². The van der Waals surface area contributed by atoms with Gasteiger partial charge >= 0.3 is 0 Å². The minimum absolute atomic E-state index is 0.112. The van der Waals surface area contributed by atoms with Crippen molar-refractivity contribution in [1.29, 1.82) is 0 Å². The summed E-state index contributed by atoms with van der Waals surface area (Å²) in [6.07, 6.45) is 0.565. The second kappa shape index (κ2) is 8.39. The Morgan fingerprint density at radius 1 is 1.19 bits per heavy atom. The molecule has 2 aromatic carbocycles. The summed E-state index contributed by atoms with van der Waals surface area (Å²) in [5, 5.41) is 6.28. The molecule has 1 atom stereocenters. The first-order valence-corrected chi connectivity index (χ1v) is 10.5. The van der Waals surface area contributed by atoms with Gasteiger partial charge in [0.25, 0.3) is 0 Å². The Balaban J connectivity index is 1.64. The Morgan fingerprint density at radius 2 is 1.89 bits per heavy atom. The number of sulfone groups is 1. The van der Waals surface area contributed by atoms with Crippen molar-refractivity contribution in [3.63, 3.8) is 0 Å². The van der Waals surface area contributed by atoms with E-state index in [2.05, 4.69) is 15.6 Å². The molecule has 0 spiro atoms. The average Bonchev–Trinajstić information content (AvgIpc) is 3.00. The van der Waals surface area contributed by atoms with Gasteiger partial charge in [-0.05, 0) is 24.6 Å². The third kappa shape index (κ3) is 5.19. The number of hydrogen-bond acceptors (Lipinski definition) is 4. The lowest BCUT2D eigenvalue weighted by atomic mass is 10.2. The molecular weight excluding hydrogens is 369 g/mol. The van der Waals surface area contributed by atoms with Gasteiger partial charge in [0, 0.05) is 25.2 Å². The molecule has 1 fully saturated rings. The van der Waals surface area contributed by atoms with Crippen LogP contribution < -0.4 is 15.4 Å². The van der Waals surface area contributed by atoms with Gasteiger partial charge in [0.05, 0.1) is 11.5 Å². The summed E-state index contributed by atoms with van der Waals surface area (Å²) in [4.78, 5) is 4.14. The summed E-state index contributed by atoms with van der Waals surface area (Å²) >= 11 is 0. The molecule has 1 saturated heterocycles. The first-order valence-electron chi connectivity index (χ1n) is 8.65. The predicted octanol–water partition coefficient (Wildman–Crippen LogP) is 2.47. The van der Waals surface area contributed by atoms with Crippen LogP contribution in [0.4, 0.5) is 4.39 Å². The predicted molar refractivity (Wildman–Crippen MR) is 103 cm³/mol. The van der Waals surface area contributed by atoms with Crippen LogP contribution in [0.15, 0.2) is 53.5 Å². The topological polar surface area (TPSA) is 79.8 Å². The molecule has 1 aliphatic rings. The maximum Gasteiger partial charge on any atom is 0.191 e. The fourth-order valence-corrected chi connectivity index (χ4v) is 4.54. The van der Waals surface area contributed by atoms with Crippen molar-refractivity contribution in [3.8, 4) is 11.5 Å². The number of rotatable bonds is 5. The van der Waals surface area contributed by atoms with Crippen molar-refractivity contribution in [2.45, 2.75) is 19.0 Å². The molecule has 2 aromatic rings. The first kappa shape index (κ1) is 19.2. The van der Waals surface area contributed by atoms with E-state index >= 15 is 0 Å². The van der Waals surface area contributed by atoms with Gasteiger partial charge in [-0.1, -0.05) is 30.3 Å². The maximum absolute atomic E-state index is 13.8. The third-order valence-corrected chi connectivity index (χ3v) is 6.04. The van der Waals surface area contributed by atoms with Crippen molar-refractivity contribution in [3.05, 3.63) is 59.9 Å². The Hall–Kier alpha value is -2.61. The van der Waals surface area contributed by atoms with Crippen molar-refractivity contribution >= 4 is 15.8 Å². The number of guanidine groups is 1. The van der Waals surface area contributed by atoms with E-state index in [1.54, 1.807) is 31.3 Å². The summed E-state index contributed by atoms with van der Waals surface area (Å²) in [7, 11) is -1.34. The number of aliphatic imine (C=N–C) groups is 1. The summed E-state index contributed by atoms with van der Waals surface area (Å²) in [5.41, 5.74) is 0.822. The minimum Gasteiger partial charge on any atom is -0.454 e. The van der Waals surface area contributed by atoms with Gasteiger partial charge in [-0.2, -0.15) is 0 Å². The van der Waals surface area contributed by atoms with Crippen LogP contribution in [0.2, 0.25) is 0 Å². The lowest BCUT2D eigenvalue weighted by Gasteiger charge is -2.17. The van der Waals surface area contributed by atoms with E-state index in [4.69, 9.17) is 4.74 Å². The number of para-hydroxylation sites is 2. The molecule has 0 aromatic heterocycles. The highest BCUT2D eigenvalue weighted by atomic mass is 32.2. The maximum atomic E-state index is 13.8. The summed E-state index contributed by atoms with van der Waals surface area (Å²) < 4.78 is 42.7. The van der Waals surface area contributed by atoms with Crippen LogP contribution in [-0.2, 0) is 16.4 Å². The molecule has 1 heterocycles. The van der Waals surface area contributed by atoms with Gasteiger partial charge in [-0.25, -0.2) is 12.8 Å². The number of benzene rings is 2. The lowest BCUT2D eigenvalue weighted by Crippen LogP contribution is -2.43. The van der Waals surface area contributed by atoms with E-state index in [9.17, 15) is 12.8 Å². The first-order chi connectivity index (χ1) is 13.0. The van der Waals surface area contributed by atoms with Crippen LogP contribution in [0.3, 0.4) is 0 Å². The van der Waals surface area contributed by atoms with Gasteiger partial charge in [0.1, 0.15) is 5.75 Å². The second-order valence-electron chi connectivity index (χ2n) is 6.31. The zero-order valence-corrected chi connectivity index (χ0v) is 15.8. The zero-order valence-electron chi connectivity index (χ0n) is 15.0. The number of ether oxygens (including phenoxy) is 1. The number of nitrogens with zero attached hydrogens (tertiary/aromatic N) is 1. The second-order valence-corrected chi connectivity index (χ2v) is 8.54. The van der Waals surface area contributed by atoms with E-state index in [1.807, 2.05) is 18.2 Å². The van der Waals surface area contributed by atoms with Gasteiger partial charge in [-0.3, -0.25) is 4.99 Å². The molecule has 0 aliphatic carbocycles. The third-order valence-electron chi connectivity index (χ3n) is 4.27. The molecular formula is C19H22FN3O3S. The van der Waals surface area contributed by atoms with E-state index in [-0.39, 0.29) is 23.3 Å². The molecule has 0 bridgehead atoms. The van der Waals surface area contributed by atoms with Crippen molar-refractivity contribution in [2.75, 3.05) is 18.6 Å². The SMILES string of the molecule is CN=C(NCc1ccccc1Oc1ccccc1F)NC1CCS(=O)(=O)C1. The van der Waals surface area contributed by atoms with Crippen LogP contribution in [0.25, 0.3) is 0 Å². The van der Waals surface area contributed by atoms with Crippen LogP contribution >= 0.6 is 0 Å². The van der Waals surface area contributed by atoms with Gasteiger partial charge < -0.3 is 15.4 Å². The smallest absolute Gasteiger partial charge is 0.191 e. The Labute approximate surface area is 158 Å². The molecule has 0 saturated carbocycles. The van der Waals surface area contributed by atoms with E-state index < -0.39 is 15.7 Å². The molecule has 2 N–H and O–H groups in total. The number of hydrogen-bond donors (Lipinski definition) is 2. The summed E-state index contributed by atoms with van der Waals surface area (Å²) in [6.45, 7) is 0.393. The Bertz CT molecular complexity index is 931. The van der Waals surface area contributed by atoms with Crippen molar-refractivity contribution < 1.29 is 17.5 Å². The highest BCUT2D eigenvalue weighted by Gasteiger charge is 2.28. The average molecular weight is 391 g/mol. The highest BCUT2D eigenvalue weighted by molar-refractivity contribution is 7.91. The Kier molecular flexibility index (Phi) is 5.95. The van der Waals surface area contributed by atoms with Crippen molar-refractivity contribution in [2.24, 2.45) is 4.99 Å². The molecule has 1 aliphatic heterocycles. The molecule has 0 radical (unpaired) electrons. The Morgan fingerprint density at radius 3 is 2.56 bits per heavy atom. The molecule has 27 heavy (non-hydrogen) atoms. The largest absolute Gasteiger partial charge is 0.454 e. The van der Waals surface area contributed by atoms with Crippen LogP contribution in [-0.4, -0.2) is 39.0 Å². The quantitative estimate of drug-likeness (QED) is 0.605. The highest BCUT2D eigenvalue weighted by Crippen LogP contribution is 2.27. The number of nitrogens with one attached hydrogen (secondary N) is 2. The molecule has 8 heteroatoms. The fraction of sp³-hybridized carbons (Fsp3) is 0.316. The van der Waals surface area contributed by atoms with E-state index in [0.29, 0.717) is 24.7 Å². The number of halogens is 1. The molecule has 6 nitrogen and oxygen atoms in total. The van der Waals surface area contributed by atoms with Crippen LogP contribution in [0.1, 0.15) is 12.0 Å². The zero-order chi connectivity index (χ0) is 19.3. The standard InChI is InChI=1S/C19H22FN3O3S/c1-21-19(23-15-10-11-27(24,25)13-15)22-12-14-6-2-4-8-17(14)26-18-9-5-3-7-16(18)20/h2-9,15H,10-13H2,1H3,(H2,21,22,23). The summed E-state index contributed by atoms with van der Waals surface area (Å²) in [6, 6.07) is 13.4. The van der Waals surface area contributed by atoms with Crippen LogP contribution in [0.5, 0.6) is 11.5 Å². The fourth-order valence-electron chi connectivity index (χ4n) is 2.87. The minimum atomic E-state index is -2.96.